The highest BCUT2D eigenvalue weighted by atomic mass is 32.2. The number of aromatic nitrogens is 1. The van der Waals surface area contributed by atoms with Crippen LogP contribution in [0.15, 0.2) is 53.6 Å². The van der Waals surface area contributed by atoms with Crippen LogP contribution in [0, 0.1) is 13.8 Å². The highest BCUT2D eigenvalue weighted by molar-refractivity contribution is 7.89. The van der Waals surface area contributed by atoms with Crippen LogP contribution in [0.25, 0.3) is 10.9 Å². The molecule has 2 aromatic carbocycles. The molecule has 2 amide bonds. The summed E-state index contributed by atoms with van der Waals surface area (Å²) in [4.78, 5) is 30.3. The standard InChI is InChI=1S/C25H30N4O4S/c1-17-8-9-21(14-18(17)2)34(32,33)29-12-10-28(11-13-29)25(31)24(27-19(3)30)15-20-16-26-23-7-5-4-6-22(20)23/h4-9,14,16,24,26H,10-13,15H2,1-3H3,(H,27,30)/t24-/m1/s1. The zero-order chi connectivity index (χ0) is 24.5. The molecule has 0 spiro atoms. The number of amides is 2. The lowest BCUT2D eigenvalue weighted by atomic mass is 10.0. The Morgan fingerprint density at radius 1 is 1.03 bits per heavy atom. The van der Waals surface area contributed by atoms with E-state index in [-0.39, 0.29) is 42.9 Å². The summed E-state index contributed by atoms with van der Waals surface area (Å²) in [5.41, 5.74) is 3.87. The molecule has 2 N–H and O–H groups in total. The first-order valence-corrected chi connectivity index (χ1v) is 12.8. The molecule has 34 heavy (non-hydrogen) atoms. The van der Waals surface area contributed by atoms with Crippen molar-refractivity contribution in [2.75, 3.05) is 26.2 Å². The van der Waals surface area contributed by atoms with E-state index in [4.69, 9.17) is 0 Å². The fourth-order valence-corrected chi connectivity index (χ4v) is 5.87. The molecule has 2 heterocycles. The van der Waals surface area contributed by atoms with E-state index in [1.807, 2.05) is 50.4 Å². The number of sulfonamides is 1. The summed E-state index contributed by atoms with van der Waals surface area (Å²) in [5, 5.41) is 3.79. The van der Waals surface area contributed by atoms with Crippen molar-refractivity contribution in [2.45, 2.75) is 38.1 Å². The van der Waals surface area contributed by atoms with Crippen molar-refractivity contribution in [3.05, 3.63) is 65.4 Å². The van der Waals surface area contributed by atoms with Gasteiger partial charge in [-0.05, 0) is 48.7 Å². The molecule has 1 aliphatic heterocycles. The predicted octanol–water partition coefficient (Wildman–Crippen LogP) is 2.37. The average Bonchev–Trinajstić information content (AvgIpc) is 3.22. The smallest absolute Gasteiger partial charge is 0.245 e. The fourth-order valence-electron chi connectivity index (χ4n) is 4.36. The van der Waals surface area contributed by atoms with Gasteiger partial charge in [0, 0.05) is 56.6 Å². The van der Waals surface area contributed by atoms with Crippen molar-refractivity contribution in [1.82, 2.24) is 19.5 Å². The van der Waals surface area contributed by atoms with Gasteiger partial charge in [0.25, 0.3) is 0 Å². The van der Waals surface area contributed by atoms with Crippen LogP contribution in [0.5, 0.6) is 0 Å². The van der Waals surface area contributed by atoms with E-state index in [1.54, 1.807) is 17.0 Å². The number of piperazine rings is 1. The van der Waals surface area contributed by atoms with Gasteiger partial charge in [-0.2, -0.15) is 4.31 Å². The predicted molar refractivity (Wildman–Crippen MR) is 131 cm³/mol. The quantitative estimate of drug-likeness (QED) is 0.563. The fraction of sp³-hybridized carbons (Fsp3) is 0.360. The van der Waals surface area contributed by atoms with Gasteiger partial charge >= 0.3 is 0 Å². The van der Waals surface area contributed by atoms with E-state index in [0.29, 0.717) is 6.42 Å². The molecule has 8 nitrogen and oxygen atoms in total. The topological polar surface area (TPSA) is 103 Å². The van der Waals surface area contributed by atoms with Crippen molar-refractivity contribution >= 4 is 32.7 Å². The maximum Gasteiger partial charge on any atom is 0.245 e. The Kier molecular flexibility index (Phi) is 6.77. The SMILES string of the molecule is CC(=O)N[C@H](Cc1c[nH]c2ccccc12)C(=O)N1CCN(S(=O)(=O)c2ccc(C)c(C)c2)CC1. The first-order chi connectivity index (χ1) is 16.2. The van der Waals surface area contributed by atoms with Crippen molar-refractivity contribution in [3.8, 4) is 0 Å². The summed E-state index contributed by atoms with van der Waals surface area (Å²) in [5.74, 6) is -0.488. The van der Waals surface area contributed by atoms with E-state index in [0.717, 1.165) is 27.6 Å². The number of aryl methyl sites for hydroxylation is 2. The van der Waals surface area contributed by atoms with E-state index >= 15 is 0 Å². The summed E-state index contributed by atoms with van der Waals surface area (Å²) < 4.78 is 27.6. The Hall–Kier alpha value is -3.17. The number of carbonyl (C=O) groups excluding carboxylic acids is 2. The third-order valence-corrected chi connectivity index (χ3v) is 8.34. The van der Waals surface area contributed by atoms with Crippen molar-refractivity contribution < 1.29 is 18.0 Å². The number of nitrogens with zero attached hydrogens (tertiary/aromatic N) is 2. The number of rotatable bonds is 6. The number of hydrogen-bond acceptors (Lipinski definition) is 4. The second-order valence-corrected chi connectivity index (χ2v) is 10.7. The molecule has 3 aromatic rings. The maximum atomic E-state index is 13.3. The van der Waals surface area contributed by atoms with Gasteiger partial charge in [0.05, 0.1) is 4.90 Å². The first kappa shape index (κ1) is 24.0. The molecule has 1 fully saturated rings. The van der Waals surface area contributed by atoms with Gasteiger partial charge in [-0.1, -0.05) is 24.3 Å². The molecule has 0 radical (unpaired) electrons. The molecule has 1 aliphatic rings. The summed E-state index contributed by atoms with van der Waals surface area (Å²) in [6.07, 6.45) is 2.21. The largest absolute Gasteiger partial charge is 0.361 e. The Morgan fingerprint density at radius 2 is 1.74 bits per heavy atom. The maximum absolute atomic E-state index is 13.3. The highest BCUT2D eigenvalue weighted by Gasteiger charge is 2.33. The molecule has 1 saturated heterocycles. The van der Waals surface area contributed by atoms with Crippen LogP contribution in [-0.2, 0) is 26.0 Å². The van der Waals surface area contributed by atoms with Crippen molar-refractivity contribution in [3.63, 3.8) is 0 Å². The number of benzene rings is 2. The molecule has 4 rings (SSSR count). The number of H-pyrrole nitrogens is 1. The lowest BCUT2D eigenvalue weighted by molar-refractivity contribution is -0.137. The molecule has 0 unspecified atom stereocenters. The van der Waals surface area contributed by atoms with Crippen LogP contribution in [-0.4, -0.2) is 66.6 Å². The van der Waals surface area contributed by atoms with Gasteiger partial charge < -0.3 is 15.2 Å². The first-order valence-electron chi connectivity index (χ1n) is 11.3. The molecule has 0 bridgehead atoms. The third-order valence-electron chi connectivity index (χ3n) is 6.44. The minimum atomic E-state index is -3.63. The van der Waals surface area contributed by atoms with Crippen molar-refractivity contribution in [1.29, 1.82) is 0 Å². The number of fused-ring (bicyclic) bond motifs is 1. The number of hydrogen-bond donors (Lipinski definition) is 2. The van der Waals surface area contributed by atoms with Crippen molar-refractivity contribution in [2.24, 2.45) is 0 Å². The van der Waals surface area contributed by atoms with Crippen LogP contribution in [0.3, 0.4) is 0 Å². The second-order valence-electron chi connectivity index (χ2n) is 8.79. The Balaban J connectivity index is 1.46. The lowest BCUT2D eigenvalue weighted by Gasteiger charge is -2.36. The minimum absolute atomic E-state index is 0.205. The molecule has 180 valence electrons. The molecule has 0 aliphatic carbocycles. The summed E-state index contributed by atoms with van der Waals surface area (Å²) in [6.45, 7) is 6.18. The summed E-state index contributed by atoms with van der Waals surface area (Å²) in [6, 6.07) is 12.2. The van der Waals surface area contributed by atoms with E-state index < -0.39 is 16.1 Å². The Labute approximate surface area is 200 Å². The average molecular weight is 483 g/mol. The Bertz CT molecular complexity index is 1320. The van der Waals surface area contributed by atoms with Crippen LogP contribution in [0.1, 0.15) is 23.6 Å². The Morgan fingerprint density at radius 3 is 2.41 bits per heavy atom. The number of para-hydroxylation sites is 1. The van der Waals surface area contributed by atoms with E-state index in [2.05, 4.69) is 10.3 Å². The number of carbonyl (C=O) groups is 2. The highest BCUT2D eigenvalue weighted by Crippen LogP contribution is 2.22. The minimum Gasteiger partial charge on any atom is -0.361 e. The van der Waals surface area contributed by atoms with Gasteiger partial charge in [-0.25, -0.2) is 8.42 Å². The van der Waals surface area contributed by atoms with Crippen LogP contribution in [0.2, 0.25) is 0 Å². The van der Waals surface area contributed by atoms with Gasteiger partial charge in [-0.3, -0.25) is 9.59 Å². The van der Waals surface area contributed by atoms with E-state index in [9.17, 15) is 18.0 Å². The number of aromatic amines is 1. The zero-order valence-electron chi connectivity index (χ0n) is 19.7. The van der Waals surface area contributed by atoms with Crippen LogP contribution >= 0.6 is 0 Å². The normalized spacial score (nSPS) is 15.9. The van der Waals surface area contributed by atoms with Crippen LogP contribution in [0.4, 0.5) is 0 Å². The molecule has 1 atom stereocenters. The van der Waals surface area contributed by atoms with Gasteiger partial charge in [0.1, 0.15) is 6.04 Å². The molecule has 9 heteroatoms. The third kappa shape index (κ3) is 4.85. The molecular weight excluding hydrogens is 452 g/mol. The number of nitrogens with one attached hydrogen (secondary N) is 2. The van der Waals surface area contributed by atoms with Gasteiger partial charge in [-0.15, -0.1) is 0 Å². The summed E-state index contributed by atoms with van der Waals surface area (Å²) >= 11 is 0. The monoisotopic (exact) mass is 482 g/mol. The molecular formula is C25H30N4O4S. The second kappa shape index (κ2) is 9.60. The molecule has 0 saturated carbocycles. The molecule has 1 aromatic heterocycles. The van der Waals surface area contributed by atoms with Crippen LogP contribution < -0.4 is 5.32 Å². The van der Waals surface area contributed by atoms with E-state index in [1.165, 1.54) is 11.2 Å². The lowest BCUT2D eigenvalue weighted by Crippen LogP contribution is -2.56. The summed E-state index contributed by atoms with van der Waals surface area (Å²) in [7, 11) is -3.63. The van der Waals surface area contributed by atoms with Gasteiger partial charge in [0.2, 0.25) is 21.8 Å². The zero-order valence-corrected chi connectivity index (χ0v) is 20.5. The van der Waals surface area contributed by atoms with Gasteiger partial charge in [0.15, 0.2) is 0 Å².